The Kier molecular flexibility index (Phi) is 5.94. The second-order valence-corrected chi connectivity index (χ2v) is 11.2. The molecular formula is C28H30N2O3S. The minimum atomic E-state index is -3.63. The van der Waals surface area contributed by atoms with Crippen LogP contribution < -0.4 is 9.04 Å². The number of benzene rings is 3. The molecule has 3 aromatic carbocycles. The van der Waals surface area contributed by atoms with Crippen LogP contribution in [0, 0.1) is 6.92 Å². The first-order valence-corrected chi connectivity index (χ1v) is 13.2. The lowest BCUT2D eigenvalue weighted by Crippen LogP contribution is -2.29. The molecular weight excluding hydrogens is 444 g/mol. The number of aryl methyl sites for hydroxylation is 1. The number of aliphatic imine (C=N–C) groups is 1. The molecule has 1 saturated carbocycles. The number of anilines is 1. The average Bonchev–Trinajstić information content (AvgIpc) is 2.87. The van der Waals surface area contributed by atoms with Gasteiger partial charge in [-0.15, -0.1) is 0 Å². The Hall–Kier alpha value is -3.12. The third-order valence-corrected chi connectivity index (χ3v) is 8.92. The summed E-state index contributed by atoms with van der Waals surface area (Å²) in [4.78, 5) is 5.48. The predicted octanol–water partition coefficient (Wildman–Crippen LogP) is 5.71. The van der Waals surface area contributed by atoms with E-state index in [9.17, 15) is 8.42 Å². The molecule has 6 heteroatoms. The number of nitrogens with zero attached hydrogens (tertiary/aromatic N) is 2. The molecule has 0 saturated heterocycles. The molecule has 34 heavy (non-hydrogen) atoms. The maximum absolute atomic E-state index is 13.1. The van der Waals surface area contributed by atoms with Crippen molar-refractivity contribution in [2.45, 2.75) is 49.5 Å². The molecule has 1 heterocycles. The van der Waals surface area contributed by atoms with Gasteiger partial charge in [0.05, 0.1) is 29.4 Å². The van der Waals surface area contributed by atoms with E-state index in [1.165, 1.54) is 29.1 Å². The van der Waals surface area contributed by atoms with Crippen molar-refractivity contribution in [2.75, 3.05) is 18.5 Å². The van der Waals surface area contributed by atoms with Gasteiger partial charge in [-0.25, -0.2) is 8.42 Å². The zero-order valence-corrected chi connectivity index (χ0v) is 20.7. The fourth-order valence-corrected chi connectivity index (χ4v) is 6.32. The van der Waals surface area contributed by atoms with Gasteiger partial charge >= 0.3 is 0 Å². The highest BCUT2D eigenvalue weighted by molar-refractivity contribution is 7.92. The largest absolute Gasteiger partial charge is 0.497 e. The summed E-state index contributed by atoms with van der Waals surface area (Å²) in [7, 11) is -0.357. The zero-order valence-electron chi connectivity index (χ0n) is 19.9. The summed E-state index contributed by atoms with van der Waals surface area (Å²) in [5.41, 5.74) is 6.06. The highest BCUT2D eigenvalue weighted by atomic mass is 32.2. The SMILES string of the molecule is COc1ccc2c(c1)C(c1ccc(N(C)S(=O)(=O)c3ccc(C)cc3)cc1)=NC1CCCCC21. The maximum atomic E-state index is 13.1. The fraction of sp³-hybridized carbons (Fsp3) is 0.321. The van der Waals surface area contributed by atoms with Crippen LogP contribution in [0.2, 0.25) is 0 Å². The molecule has 176 valence electrons. The van der Waals surface area contributed by atoms with Crippen LogP contribution in [0.15, 0.2) is 76.6 Å². The van der Waals surface area contributed by atoms with Crippen LogP contribution in [0.1, 0.15) is 53.9 Å². The van der Waals surface area contributed by atoms with Gasteiger partial charge in [0, 0.05) is 24.1 Å². The van der Waals surface area contributed by atoms with Crippen molar-refractivity contribution in [1.29, 1.82) is 0 Å². The number of methoxy groups -OCH3 is 1. The molecule has 2 atom stereocenters. The van der Waals surface area contributed by atoms with Gasteiger partial charge in [0.15, 0.2) is 0 Å². The van der Waals surface area contributed by atoms with Gasteiger partial charge in [0.1, 0.15) is 5.75 Å². The van der Waals surface area contributed by atoms with Crippen LogP contribution in [-0.2, 0) is 10.0 Å². The van der Waals surface area contributed by atoms with Crippen LogP contribution in [0.25, 0.3) is 0 Å². The second kappa shape index (κ2) is 8.91. The van der Waals surface area contributed by atoms with Crippen LogP contribution in [0.5, 0.6) is 5.75 Å². The number of sulfonamides is 1. The molecule has 1 aliphatic heterocycles. The minimum absolute atomic E-state index is 0.283. The molecule has 0 bridgehead atoms. The van der Waals surface area contributed by atoms with Crippen LogP contribution in [0.4, 0.5) is 5.69 Å². The summed E-state index contributed by atoms with van der Waals surface area (Å²) in [6, 6.07) is 21.2. The molecule has 0 amide bonds. The summed E-state index contributed by atoms with van der Waals surface area (Å²) in [6.07, 6.45) is 4.73. The van der Waals surface area contributed by atoms with Crippen LogP contribution >= 0.6 is 0 Å². The third kappa shape index (κ3) is 4.00. The van der Waals surface area contributed by atoms with Crippen molar-refractivity contribution >= 4 is 21.4 Å². The number of hydrogen-bond donors (Lipinski definition) is 0. The van der Waals surface area contributed by atoms with E-state index in [2.05, 4.69) is 12.1 Å². The standard InChI is InChI=1S/C28H30N2O3S/c1-19-8-15-23(16-9-19)34(31,32)30(2)21-12-10-20(11-13-21)28-26-18-22(33-3)14-17-24(26)25-6-4-5-7-27(25)29-28/h8-18,25,27H,4-7H2,1-3H3. The first-order chi connectivity index (χ1) is 16.4. The predicted molar refractivity (Wildman–Crippen MR) is 137 cm³/mol. The summed E-state index contributed by atoms with van der Waals surface area (Å²) in [6.45, 7) is 1.94. The maximum Gasteiger partial charge on any atom is 0.264 e. The molecule has 2 aliphatic rings. The lowest BCUT2D eigenvalue weighted by molar-refractivity contribution is 0.381. The van der Waals surface area contributed by atoms with Gasteiger partial charge in [-0.2, -0.15) is 0 Å². The molecule has 1 aliphatic carbocycles. The first kappa shape index (κ1) is 22.7. The van der Waals surface area contributed by atoms with E-state index in [4.69, 9.17) is 9.73 Å². The molecule has 3 aromatic rings. The van der Waals surface area contributed by atoms with E-state index in [-0.39, 0.29) is 4.90 Å². The summed E-state index contributed by atoms with van der Waals surface area (Å²) in [5, 5.41) is 0. The van der Waals surface area contributed by atoms with E-state index in [0.717, 1.165) is 34.6 Å². The molecule has 0 radical (unpaired) electrons. The third-order valence-electron chi connectivity index (χ3n) is 7.12. The molecule has 0 aromatic heterocycles. The molecule has 0 N–H and O–H groups in total. The molecule has 5 nitrogen and oxygen atoms in total. The van der Waals surface area contributed by atoms with Gasteiger partial charge < -0.3 is 4.74 Å². The number of ether oxygens (including phenoxy) is 1. The van der Waals surface area contributed by atoms with Gasteiger partial charge in [-0.3, -0.25) is 9.30 Å². The smallest absolute Gasteiger partial charge is 0.264 e. The van der Waals surface area contributed by atoms with E-state index in [1.807, 2.05) is 49.4 Å². The van der Waals surface area contributed by atoms with Crippen LogP contribution in [0.3, 0.4) is 0 Å². The van der Waals surface area contributed by atoms with Crippen molar-refractivity contribution < 1.29 is 13.2 Å². The first-order valence-electron chi connectivity index (χ1n) is 11.8. The number of hydrogen-bond acceptors (Lipinski definition) is 4. The Labute approximate surface area is 202 Å². The summed E-state index contributed by atoms with van der Waals surface area (Å²) in [5.74, 6) is 1.28. The topological polar surface area (TPSA) is 59.0 Å². The molecule has 1 fully saturated rings. The van der Waals surface area contributed by atoms with Crippen molar-refractivity contribution in [3.8, 4) is 5.75 Å². The van der Waals surface area contributed by atoms with Gasteiger partial charge in [-0.1, -0.05) is 48.7 Å². The van der Waals surface area contributed by atoms with Gasteiger partial charge in [0.25, 0.3) is 10.0 Å². The van der Waals surface area contributed by atoms with E-state index < -0.39 is 10.0 Å². The normalized spacial score (nSPS) is 19.6. The lowest BCUT2D eigenvalue weighted by Gasteiger charge is -2.35. The Morgan fingerprint density at radius 3 is 2.35 bits per heavy atom. The van der Waals surface area contributed by atoms with Crippen molar-refractivity contribution in [1.82, 2.24) is 0 Å². The van der Waals surface area contributed by atoms with Gasteiger partial charge in [0.2, 0.25) is 0 Å². The van der Waals surface area contributed by atoms with Crippen LogP contribution in [-0.4, -0.2) is 34.3 Å². The molecule has 5 rings (SSSR count). The van der Waals surface area contributed by atoms with Gasteiger partial charge in [-0.05, 0) is 61.7 Å². The fourth-order valence-electron chi connectivity index (χ4n) is 5.12. The Morgan fingerprint density at radius 2 is 1.65 bits per heavy atom. The van der Waals surface area contributed by atoms with Crippen molar-refractivity contribution in [3.05, 3.63) is 89.0 Å². The minimum Gasteiger partial charge on any atom is -0.497 e. The number of fused-ring (bicyclic) bond motifs is 3. The highest BCUT2D eigenvalue weighted by Crippen LogP contribution is 2.42. The van der Waals surface area contributed by atoms with Crippen molar-refractivity contribution in [2.24, 2.45) is 4.99 Å². The summed E-state index contributed by atoms with van der Waals surface area (Å²) < 4.78 is 33.1. The second-order valence-electron chi connectivity index (χ2n) is 9.22. The van der Waals surface area contributed by atoms with E-state index >= 15 is 0 Å². The van der Waals surface area contributed by atoms with E-state index in [1.54, 1.807) is 26.3 Å². The Balaban J connectivity index is 1.49. The summed E-state index contributed by atoms with van der Waals surface area (Å²) >= 11 is 0. The Bertz CT molecular complexity index is 1330. The highest BCUT2D eigenvalue weighted by Gasteiger charge is 2.33. The van der Waals surface area contributed by atoms with Crippen molar-refractivity contribution in [3.63, 3.8) is 0 Å². The zero-order chi connectivity index (χ0) is 23.9. The Morgan fingerprint density at radius 1 is 0.941 bits per heavy atom. The quantitative estimate of drug-likeness (QED) is 0.476. The monoisotopic (exact) mass is 474 g/mol. The van der Waals surface area contributed by atoms with E-state index in [0.29, 0.717) is 17.6 Å². The average molecular weight is 475 g/mol. The molecule has 0 spiro atoms. The lowest BCUT2D eigenvalue weighted by atomic mass is 9.75. The molecule has 2 unspecified atom stereocenters. The number of rotatable bonds is 5.